The van der Waals surface area contributed by atoms with Crippen molar-refractivity contribution in [1.82, 2.24) is 10.4 Å². The Morgan fingerprint density at radius 2 is 2.21 bits per heavy atom. The highest BCUT2D eigenvalue weighted by Gasteiger charge is 2.30. The van der Waals surface area contributed by atoms with Gasteiger partial charge in [0.25, 0.3) is 0 Å². The van der Waals surface area contributed by atoms with Crippen molar-refractivity contribution in [1.29, 1.82) is 0 Å². The van der Waals surface area contributed by atoms with Crippen LogP contribution in [0.2, 0.25) is 0 Å². The Kier molecular flexibility index (Phi) is 2.46. The van der Waals surface area contributed by atoms with Gasteiger partial charge in [-0.15, -0.1) is 5.43 Å². The number of rotatable bonds is 2. The van der Waals surface area contributed by atoms with Crippen LogP contribution in [0.1, 0.15) is 0 Å². The molecule has 0 aliphatic carbocycles. The van der Waals surface area contributed by atoms with Crippen molar-refractivity contribution in [3.8, 4) is 0 Å². The number of aromatic nitrogens is 1. The first-order valence-electron chi connectivity index (χ1n) is 5.11. The molecule has 0 fully saturated rings. The Balaban J connectivity index is 2.02. The number of carboxylic acid groups (broad SMARTS) is 1. The third-order valence-corrected chi connectivity index (χ3v) is 3.45. The monoisotopic (exact) mass is 278 g/mol. The number of hydrogen-bond donors (Lipinski definition) is 1. The lowest BCUT2D eigenvalue weighted by atomic mass is 10.3. The molecule has 1 aromatic heterocycles. The average molecular weight is 278 g/mol. The lowest BCUT2D eigenvalue weighted by Gasteiger charge is -2.06. The number of anilines is 1. The lowest BCUT2D eigenvalue weighted by molar-refractivity contribution is -0.134. The summed E-state index contributed by atoms with van der Waals surface area (Å²) in [7, 11) is 0. The van der Waals surface area contributed by atoms with Crippen molar-refractivity contribution < 1.29 is 19.1 Å². The number of nitrogens with zero attached hydrogens (tertiary/aromatic N) is 3. The molecule has 2 aromatic rings. The molecule has 1 N–H and O–H groups in total. The van der Waals surface area contributed by atoms with Crippen molar-refractivity contribution in [2.24, 2.45) is 0 Å². The van der Waals surface area contributed by atoms with E-state index >= 15 is 0 Å². The number of hydrogen-bond acceptors (Lipinski definition) is 5. The second-order valence-electron chi connectivity index (χ2n) is 3.71. The number of thiazole rings is 1. The standard InChI is InChI=1S/C11H5FN3O3S/c12-5-1-2-7-8(3-5)19-11(13-7)15-4-6(10(17)18)9(16)14-15/h1-4H,(H,17,18). The van der Waals surface area contributed by atoms with Crippen molar-refractivity contribution >= 4 is 38.6 Å². The third kappa shape index (κ3) is 1.91. The zero-order valence-corrected chi connectivity index (χ0v) is 10.0. The summed E-state index contributed by atoms with van der Waals surface area (Å²) in [6, 6.07) is 4.09. The van der Waals surface area contributed by atoms with Crippen LogP contribution in [-0.2, 0) is 9.59 Å². The van der Waals surface area contributed by atoms with Crippen LogP contribution in [0.15, 0.2) is 30.0 Å². The summed E-state index contributed by atoms with van der Waals surface area (Å²) in [5, 5.41) is 10.2. The van der Waals surface area contributed by atoms with E-state index in [2.05, 4.69) is 10.4 Å². The van der Waals surface area contributed by atoms with Crippen LogP contribution in [0.25, 0.3) is 10.2 Å². The average Bonchev–Trinajstić information content (AvgIpc) is 2.91. The van der Waals surface area contributed by atoms with E-state index < -0.39 is 17.4 Å². The molecule has 8 heteroatoms. The van der Waals surface area contributed by atoms with E-state index in [-0.39, 0.29) is 5.82 Å². The van der Waals surface area contributed by atoms with Gasteiger partial charge in [-0.1, -0.05) is 11.3 Å². The molecule has 1 aromatic carbocycles. The molecule has 0 bridgehead atoms. The van der Waals surface area contributed by atoms with Crippen LogP contribution in [-0.4, -0.2) is 22.0 Å². The molecule has 0 atom stereocenters. The van der Waals surface area contributed by atoms with E-state index in [1.807, 2.05) is 0 Å². The maximum atomic E-state index is 13.1. The van der Waals surface area contributed by atoms with Crippen molar-refractivity contribution in [2.75, 3.05) is 5.01 Å². The van der Waals surface area contributed by atoms with Gasteiger partial charge < -0.3 is 5.11 Å². The Hall–Kier alpha value is -2.48. The maximum Gasteiger partial charge on any atom is 0.343 e. The highest BCUT2D eigenvalue weighted by molar-refractivity contribution is 7.22. The van der Waals surface area contributed by atoms with Gasteiger partial charge in [-0.05, 0) is 18.2 Å². The fourth-order valence-corrected chi connectivity index (χ4v) is 2.50. The van der Waals surface area contributed by atoms with Gasteiger partial charge in [-0.3, -0.25) is 4.79 Å². The first-order chi connectivity index (χ1) is 9.04. The molecule has 0 spiro atoms. The highest BCUT2D eigenvalue weighted by Crippen LogP contribution is 2.30. The van der Waals surface area contributed by atoms with Gasteiger partial charge >= 0.3 is 11.9 Å². The first-order valence-corrected chi connectivity index (χ1v) is 5.92. The molecule has 1 aliphatic heterocycles. The Morgan fingerprint density at radius 1 is 1.42 bits per heavy atom. The molecule has 0 saturated carbocycles. The van der Waals surface area contributed by atoms with Gasteiger partial charge in [0, 0.05) is 0 Å². The van der Waals surface area contributed by atoms with Crippen LogP contribution >= 0.6 is 11.3 Å². The number of amides is 1. The summed E-state index contributed by atoms with van der Waals surface area (Å²) in [6.45, 7) is 0. The molecule has 1 amide bonds. The van der Waals surface area contributed by atoms with Crippen LogP contribution in [0, 0.1) is 5.82 Å². The summed E-state index contributed by atoms with van der Waals surface area (Å²) in [5.74, 6) is -2.57. The second-order valence-corrected chi connectivity index (χ2v) is 4.72. The van der Waals surface area contributed by atoms with E-state index in [1.165, 1.54) is 18.2 Å². The van der Waals surface area contributed by atoms with E-state index in [0.29, 0.717) is 15.3 Å². The summed E-state index contributed by atoms with van der Waals surface area (Å²) >= 11 is 1.12. The molecule has 0 saturated heterocycles. The zero-order valence-electron chi connectivity index (χ0n) is 9.20. The van der Waals surface area contributed by atoms with Crippen LogP contribution in [0.3, 0.4) is 0 Å². The molecule has 95 valence electrons. The van der Waals surface area contributed by atoms with Gasteiger partial charge in [0.15, 0.2) is 0 Å². The van der Waals surface area contributed by atoms with Crippen molar-refractivity contribution in [3.63, 3.8) is 0 Å². The minimum absolute atomic E-state index is 0.310. The molecule has 1 aliphatic rings. The molecular formula is C11H5FN3O3S. The van der Waals surface area contributed by atoms with Crippen LogP contribution in [0.4, 0.5) is 9.52 Å². The smallest absolute Gasteiger partial charge is 0.343 e. The summed E-state index contributed by atoms with van der Waals surface area (Å²) in [6.07, 6.45) is 1.10. The normalized spacial score (nSPS) is 14.7. The topological polar surface area (TPSA) is 84.6 Å². The highest BCUT2D eigenvalue weighted by atomic mass is 32.1. The quantitative estimate of drug-likeness (QED) is 0.836. The molecule has 2 heterocycles. The predicted molar refractivity (Wildman–Crippen MR) is 64.9 cm³/mol. The lowest BCUT2D eigenvalue weighted by Crippen LogP contribution is -2.25. The van der Waals surface area contributed by atoms with Crippen LogP contribution < -0.4 is 10.4 Å². The van der Waals surface area contributed by atoms with E-state index in [4.69, 9.17) is 5.11 Å². The minimum Gasteiger partial charge on any atom is -0.477 e. The Bertz CT molecular complexity index is 740. The summed E-state index contributed by atoms with van der Waals surface area (Å²) in [4.78, 5) is 26.2. The first kappa shape index (κ1) is 11.6. The second kappa shape index (κ2) is 4.02. The van der Waals surface area contributed by atoms with E-state index in [9.17, 15) is 14.0 Å². The third-order valence-electron chi connectivity index (χ3n) is 2.45. The predicted octanol–water partition coefficient (Wildman–Crippen LogP) is 1.27. The fraction of sp³-hybridized carbons (Fsp3) is 0. The molecule has 0 unspecified atom stereocenters. The van der Waals surface area contributed by atoms with Crippen molar-refractivity contribution in [3.05, 3.63) is 35.8 Å². The van der Waals surface area contributed by atoms with Gasteiger partial charge in [-0.2, -0.15) is 0 Å². The number of halogens is 1. The van der Waals surface area contributed by atoms with E-state index in [1.54, 1.807) is 0 Å². The summed E-state index contributed by atoms with van der Waals surface area (Å²) < 4.78 is 13.6. The molecule has 19 heavy (non-hydrogen) atoms. The number of carbonyl (C=O) groups excluding carboxylic acids is 1. The maximum absolute atomic E-state index is 13.1. The van der Waals surface area contributed by atoms with Crippen LogP contribution in [0.5, 0.6) is 0 Å². The molecule has 3 rings (SSSR count). The Morgan fingerprint density at radius 3 is 2.89 bits per heavy atom. The molecular weight excluding hydrogens is 273 g/mol. The van der Waals surface area contributed by atoms with Gasteiger partial charge in [0.2, 0.25) is 5.13 Å². The fourth-order valence-electron chi connectivity index (χ4n) is 1.59. The van der Waals surface area contributed by atoms with Gasteiger partial charge in [-0.25, -0.2) is 19.2 Å². The van der Waals surface area contributed by atoms with Gasteiger partial charge in [0.1, 0.15) is 11.4 Å². The largest absolute Gasteiger partial charge is 0.477 e. The molecule has 6 nitrogen and oxygen atoms in total. The summed E-state index contributed by atoms with van der Waals surface area (Å²) in [5.41, 5.74) is 3.69. The van der Waals surface area contributed by atoms with E-state index in [0.717, 1.165) is 22.5 Å². The Labute approximate surface area is 109 Å². The zero-order chi connectivity index (χ0) is 13.6. The molecule has 1 radical (unpaired) electrons. The van der Waals surface area contributed by atoms with Crippen molar-refractivity contribution in [2.45, 2.75) is 0 Å². The number of aliphatic carboxylic acids is 1. The number of fused-ring (bicyclic) bond motifs is 1. The number of carboxylic acids is 1. The van der Waals surface area contributed by atoms with Gasteiger partial charge in [0.05, 0.1) is 16.4 Å². The SMILES string of the molecule is O=C(O)C1=CN(c2nc3ccc(F)cc3s2)[N]C1=O. The minimum atomic E-state index is -1.34. The number of benzene rings is 1. The number of carbonyl (C=O) groups is 2.